The van der Waals surface area contributed by atoms with Gasteiger partial charge >= 0.3 is 5.69 Å². The molecular formula is C25H42FN3O5Si. The number of unbranched alkanes of at least 4 members (excludes halogenated alkanes) is 1. The van der Waals surface area contributed by atoms with Gasteiger partial charge in [-0.05, 0) is 43.6 Å². The molecule has 8 nitrogen and oxygen atoms in total. The lowest BCUT2D eigenvalue weighted by atomic mass is 9.90. The van der Waals surface area contributed by atoms with Crippen LogP contribution < -0.4 is 5.32 Å². The van der Waals surface area contributed by atoms with Crippen molar-refractivity contribution in [3.63, 3.8) is 0 Å². The van der Waals surface area contributed by atoms with E-state index in [1.54, 1.807) is 10.6 Å². The summed E-state index contributed by atoms with van der Waals surface area (Å²) in [4.78, 5) is 10.4. The second-order valence-electron chi connectivity index (χ2n) is 11.5. The fraction of sp³-hybridized carbons (Fsp3) is 0.680. The molecule has 10 heteroatoms. The minimum Gasteiger partial charge on any atom is -0.417 e. The predicted molar refractivity (Wildman–Crippen MR) is 140 cm³/mol. The van der Waals surface area contributed by atoms with E-state index in [-0.39, 0.29) is 18.2 Å². The number of benzene rings is 1. The maximum absolute atomic E-state index is 14.4. The minimum atomic E-state index is -1.73. The summed E-state index contributed by atoms with van der Waals surface area (Å²) in [5.41, 5.74) is -0.146. The van der Waals surface area contributed by atoms with E-state index < -0.39 is 36.3 Å². The first-order valence-corrected chi connectivity index (χ1v) is 15.1. The van der Waals surface area contributed by atoms with E-state index in [4.69, 9.17) is 4.43 Å². The topological polar surface area (TPSA) is 110 Å². The molecule has 0 bridgehead atoms. The van der Waals surface area contributed by atoms with Crippen LogP contribution in [0.1, 0.15) is 53.2 Å². The molecular weight excluding hydrogens is 469 g/mol. The van der Waals surface area contributed by atoms with Crippen LogP contribution in [0.25, 0.3) is 10.9 Å². The molecule has 0 unspecified atom stereocenters. The largest absolute Gasteiger partial charge is 0.417 e. The van der Waals surface area contributed by atoms with E-state index >= 15 is 0 Å². The van der Waals surface area contributed by atoms with Gasteiger partial charge in [-0.1, -0.05) is 34.6 Å². The van der Waals surface area contributed by atoms with Crippen LogP contribution in [-0.4, -0.2) is 60.4 Å². The van der Waals surface area contributed by atoms with Gasteiger partial charge in [-0.2, -0.15) is 4.39 Å². The summed E-state index contributed by atoms with van der Waals surface area (Å²) in [6, 6.07) is 4.06. The number of rotatable bonds is 13. The zero-order chi connectivity index (χ0) is 26.6. The molecule has 0 amide bonds. The second-order valence-corrected chi connectivity index (χ2v) is 16.3. The van der Waals surface area contributed by atoms with Gasteiger partial charge in [0.1, 0.15) is 0 Å². The smallest absolute Gasteiger partial charge is 0.305 e. The Hall–Kier alpha value is -1.85. The Bertz CT molecular complexity index is 1020. The van der Waals surface area contributed by atoms with Crippen LogP contribution in [0, 0.1) is 15.9 Å². The predicted octanol–water partition coefficient (Wildman–Crippen LogP) is 4.71. The Morgan fingerprint density at radius 3 is 2.43 bits per heavy atom. The van der Waals surface area contributed by atoms with E-state index in [1.165, 1.54) is 6.07 Å². The maximum Gasteiger partial charge on any atom is 0.305 e. The lowest BCUT2D eigenvalue weighted by molar-refractivity contribution is -0.387. The van der Waals surface area contributed by atoms with Gasteiger partial charge in [0, 0.05) is 41.8 Å². The Labute approximate surface area is 208 Å². The lowest BCUT2D eigenvalue weighted by Gasteiger charge is -2.36. The van der Waals surface area contributed by atoms with Gasteiger partial charge in [0.15, 0.2) is 8.32 Å². The fourth-order valence-electron chi connectivity index (χ4n) is 3.69. The van der Waals surface area contributed by atoms with Gasteiger partial charge in [-0.15, -0.1) is 0 Å². The summed E-state index contributed by atoms with van der Waals surface area (Å²) < 4.78 is 22.3. The third-order valence-electron chi connectivity index (χ3n) is 7.05. The Morgan fingerprint density at radius 1 is 1.20 bits per heavy atom. The van der Waals surface area contributed by atoms with Crippen LogP contribution in [0.5, 0.6) is 0 Å². The van der Waals surface area contributed by atoms with Crippen molar-refractivity contribution in [1.82, 2.24) is 9.88 Å². The van der Waals surface area contributed by atoms with Crippen LogP contribution in [0.15, 0.2) is 18.2 Å². The molecule has 35 heavy (non-hydrogen) atoms. The molecule has 1 atom stereocenters. The van der Waals surface area contributed by atoms with E-state index in [0.29, 0.717) is 23.1 Å². The van der Waals surface area contributed by atoms with Crippen molar-refractivity contribution < 1.29 is 24.0 Å². The van der Waals surface area contributed by atoms with Gasteiger partial charge in [-0.25, -0.2) is 0 Å². The van der Waals surface area contributed by atoms with Crippen molar-refractivity contribution in [3.8, 4) is 0 Å². The molecule has 0 fully saturated rings. The molecule has 2 aromatic rings. The van der Waals surface area contributed by atoms with E-state index in [0.717, 1.165) is 32.1 Å². The molecule has 0 aliphatic carbocycles. The van der Waals surface area contributed by atoms with Crippen LogP contribution in [0.2, 0.25) is 18.1 Å². The molecule has 0 aliphatic heterocycles. The average Bonchev–Trinajstić information content (AvgIpc) is 3.09. The number of nitrogens with zero attached hydrogens (tertiary/aromatic N) is 2. The van der Waals surface area contributed by atoms with Crippen molar-refractivity contribution in [2.75, 3.05) is 26.3 Å². The molecule has 1 aromatic heterocycles. The highest BCUT2D eigenvalue weighted by molar-refractivity contribution is 6.74. The van der Waals surface area contributed by atoms with Crippen molar-refractivity contribution in [3.05, 3.63) is 39.8 Å². The SMILES string of the molecule is CC(C)(CO)c1cc2cc([N+](=O)[O-])c(F)cc2n1C[C@@H](O)CNCCCCO[Si](C)(C)C(C)(C)C. The summed E-state index contributed by atoms with van der Waals surface area (Å²) >= 11 is 0. The quantitative estimate of drug-likeness (QED) is 0.155. The highest BCUT2D eigenvalue weighted by Crippen LogP contribution is 2.36. The van der Waals surface area contributed by atoms with Crippen LogP contribution in [0.4, 0.5) is 10.1 Å². The maximum atomic E-state index is 14.4. The number of hydrogen-bond donors (Lipinski definition) is 3. The minimum absolute atomic E-state index is 0.167. The molecule has 0 radical (unpaired) electrons. The molecule has 2 rings (SSSR count). The van der Waals surface area contributed by atoms with Gasteiger partial charge < -0.3 is 24.5 Å². The summed E-state index contributed by atoms with van der Waals surface area (Å²) in [7, 11) is -1.73. The third-order valence-corrected chi connectivity index (χ3v) is 11.6. The standard InChI is InChI=1S/C25H42FN3O5Si/c1-24(2,3)35(6,7)34-11-9-8-10-27-15-19(31)16-28-21-14-20(26)22(29(32)33)12-18(21)13-23(28)25(4,5)17-30/h12-14,19,27,30-31H,8-11,15-17H2,1-7H3/t19-/m0/s1. The third kappa shape index (κ3) is 7.33. The Balaban J connectivity index is 2.00. The lowest BCUT2D eigenvalue weighted by Crippen LogP contribution is -2.41. The number of aromatic nitrogens is 1. The van der Waals surface area contributed by atoms with E-state index in [9.17, 15) is 24.7 Å². The average molecular weight is 512 g/mol. The number of hydrogen-bond acceptors (Lipinski definition) is 6. The normalized spacial score (nSPS) is 14.0. The summed E-state index contributed by atoms with van der Waals surface area (Å²) in [5.74, 6) is -0.928. The number of nitrogens with one attached hydrogen (secondary N) is 1. The van der Waals surface area contributed by atoms with Crippen LogP contribution in [0.3, 0.4) is 0 Å². The monoisotopic (exact) mass is 511 g/mol. The fourth-order valence-corrected chi connectivity index (χ4v) is 4.78. The molecule has 1 aromatic carbocycles. The van der Waals surface area contributed by atoms with Crippen LogP contribution in [-0.2, 0) is 16.4 Å². The number of nitro groups is 1. The number of nitro benzene ring substituents is 1. The van der Waals surface area contributed by atoms with E-state index in [1.807, 2.05) is 13.8 Å². The molecule has 3 N–H and O–H groups in total. The number of halogens is 1. The zero-order valence-corrected chi connectivity index (χ0v) is 23.2. The van der Waals surface area contributed by atoms with E-state index in [2.05, 4.69) is 39.2 Å². The van der Waals surface area contributed by atoms with Crippen molar-refractivity contribution >= 4 is 24.9 Å². The highest BCUT2D eigenvalue weighted by atomic mass is 28.4. The first kappa shape index (κ1) is 29.4. The first-order chi connectivity index (χ1) is 16.1. The molecule has 1 heterocycles. The first-order valence-electron chi connectivity index (χ1n) is 12.2. The van der Waals surface area contributed by atoms with Gasteiger partial charge in [0.2, 0.25) is 5.82 Å². The van der Waals surface area contributed by atoms with Crippen molar-refractivity contribution in [2.45, 2.75) is 83.7 Å². The molecule has 198 valence electrons. The summed E-state index contributed by atoms with van der Waals surface area (Å²) in [5, 5.41) is 35.7. The van der Waals surface area contributed by atoms with Crippen molar-refractivity contribution in [1.29, 1.82) is 0 Å². The van der Waals surface area contributed by atoms with Crippen molar-refractivity contribution in [2.24, 2.45) is 0 Å². The summed E-state index contributed by atoms with van der Waals surface area (Å²) in [6.07, 6.45) is 1.09. The number of fused-ring (bicyclic) bond motifs is 1. The van der Waals surface area contributed by atoms with Gasteiger partial charge in [-0.3, -0.25) is 10.1 Å². The zero-order valence-electron chi connectivity index (χ0n) is 22.2. The highest BCUT2D eigenvalue weighted by Gasteiger charge is 2.36. The Kier molecular flexibility index (Phi) is 9.63. The molecule has 0 aliphatic rings. The molecule has 0 spiro atoms. The molecule has 0 saturated carbocycles. The Morgan fingerprint density at radius 2 is 1.86 bits per heavy atom. The number of aliphatic hydroxyl groups is 2. The summed E-state index contributed by atoms with van der Waals surface area (Å²) in [6.45, 7) is 16.6. The second kappa shape index (κ2) is 11.5. The van der Waals surface area contributed by atoms with Gasteiger partial charge in [0.05, 0.1) is 29.7 Å². The van der Waals surface area contributed by atoms with Gasteiger partial charge in [0.25, 0.3) is 0 Å². The van der Waals surface area contributed by atoms with Crippen LogP contribution >= 0.6 is 0 Å². The number of aliphatic hydroxyl groups excluding tert-OH is 2. The molecule has 0 saturated heterocycles.